The van der Waals surface area contributed by atoms with E-state index in [0.717, 1.165) is 11.4 Å². The molecule has 0 unspecified atom stereocenters. The molecule has 0 fully saturated rings. The highest BCUT2D eigenvalue weighted by Crippen LogP contribution is 2.28. The topological polar surface area (TPSA) is 73.6 Å². The second-order valence-corrected chi connectivity index (χ2v) is 4.36. The van der Waals surface area contributed by atoms with Crippen LogP contribution >= 0.6 is 0 Å². The zero-order valence-corrected chi connectivity index (χ0v) is 11.6. The molecule has 0 radical (unpaired) electrons. The second kappa shape index (κ2) is 5.64. The van der Waals surface area contributed by atoms with E-state index in [1.54, 1.807) is 10.7 Å². The number of ether oxygens (including phenoxy) is 2. The summed E-state index contributed by atoms with van der Waals surface area (Å²) in [5, 5.41) is 13.2. The number of benzene rings is 1. The Labute approximate surface area is 116 Å². The predicted molar refractivity (Wildman–Crippen MR) is 72.2 cm³/mol. The SMILES string of the molecule is COc1cc(C(=O)O)ccc1OCc1cc(C)nn1C. The summed E-state index contributed by atoms with van der Waals surface area (Å²) < 4.78 is 12.6. The molecule has 1 aromatic heterocycles. The Balaban J connectivity index is 2.17. The number of aryl methyl sites for hydroxylation is 2. The van der Waals surface area contributed by atoms with Crippen molar-refractivity contribution >= 4 is 5.97 Å². The fourth-order valence-electron chi connectivity index (χ4n) is 1.87. The van der Waals surface area contributed by atoms with Crippen molar-refractivity contribution in [1.29, 1.82) is 0 Å². The largest absolute Gasteiger partial charge is 0.493 e. The molecular formula is C14H16N2O4. The molecule has 1 aromatic carbocycles. The first-order chi connectivity index (χ1) is 9.51. The second-order valence-electron chi connectivity index (χ2n) is 4.36. The average molecular weight is 276 g/mol. The van der Waals surface area contributed by atoms with E-state index in [0.29, 0.717) is 18.1 Å². The Bertz CT molecular complexity index is 634. The lowest BCUT2D eigenvalue weighted by Crippen LogP contribution is -2.04. The summed E-state index contributed by atoms with van der Waals surface area (Å²) in [6.07, 6.45) is 0. The van der Waals surface area contributed by atoms with Crippen LogP contribution in [-0.4, -0.2) is 28.0 Å². The van der Waals surface area contributed by atoms with Gasteiger partial charge in [-0.05, 0) is 31.2 Å². The summed E-state index contributed by atoms with van der Waals surface area (Å²) in [4.78, 5) is 10.9. The van der Waals surface area contributed by atoms with Crippen molar-refractivity contribution in [2.75, 3.05) is 7.11 Å². The molecule has 0 bridgehead atoms. The molecule has 0 atom stereocenters. The van der Waals surface area contributed by atoms with Crippen molar-refractivity contribution in [2.45, 2.75) is 13.5 Å². The molecule has 0 saturated carbocycles. The van der Waals surface area contributed by atoms with E-state index in [2.05, 4.69) is 5.10 Å². The van der Waals surface area contributed by atoms with Gasteiger partial charge in [-0.25, -0.2) is 4.79 Å². The minimum Gasteiger partial charge on any atom is -0.493 e. The zero-order chi connectivity index (χ0) is 14.7. The van der Waals surface area contributed by atoms with E-state index in [4.69, 9.17) is 14.6 Å². The van der Waals surface area contributed by atoms with Crippen LogP contribution in [0.2, 0.25) is 0 Å². The summed E-state index contributed by atoms with van der Waals surface area (Å²) in [6.45, 7) is 2.24. The molecular weight excluding hydrogens is 260 g/mol. The summed E-state index contributed by atoms with van der Waals surface area (Å²) in [5.74, 6) is -0.114. The van der Waals surface area contributed by atoms with Gasteiger partial charge in [0.1, 0.15) is 6.61 Å². The molecule has 6 heteroatoms. The van der Waals surface area contributed by atoms with Gasteiger partial charge in [0, 0.05) is 7.05 Å². The van der Waals surface area contributed by atoms with Crippen LogP contribution in [0.3, 0.4) is 0 Å². The zero-order valence-electron chi connectivity index (χ0n) is 11.6. The highest BCUT2D eigenvalue weighted by molar-refractivity contribution is 5.88. The standard InChI is InChI=1S/C14H16N2O4/c1-9-6-11(16(2)15-9)8-20-12-5-4-10(14(17)18)7-13(12)19-3/h4-7H,8H2,1-3H3,(H,17,18). The molecule has 6 nitrogen and oxygen atoms in total. The molecule has 1 N–H and O–H groups in total. The van der Waals surface area contributed by atoms with Crippen LogP contribution in [0.5, 0.6) is 11.5 Å². The minimum absolute atomic E-state index is 0.158. The molecule has 0 saturated heterocycles. The van der Waals surface area contributed by atoms with E-state index >= 15 is 0 Å². The quantitative estimate of drug-likeness (QED) is 0.904. The van der Waals surface area contributed by atoms with Gasteiger partial charge in [0.25, 0.3) is 0 Å². The van der Waals surface area contributed by atoms with Gasteiger partial charge in [0.05, 0.1) is 24.1 Å². The number of nitrogens with zero attached hydrogens (tertiary/aromatic N) is 2. The van der Waals surface area contributed by atoms with Crippen molar-refractivity contribution in [2.24, 2.45) is 7.05 Å². The van der Waals surface area contributed by atoms with Gasteiger partial charge >= 0.3 is 5.97 Å². The average Bonchev–Trinajstić information content (AvgIpc) is 2.74. The van der Waals surface area contributed by atoms with Crippen LogP contribution in [0.15, 0.2) is 24.3 Å². The van der Waals surface area contributed by atoms with Crippen molar-refractivity contribution in [3.8, 4) is 11.5 Å². The van der Waals surface area contributed by atoms with E-state index < -0.39 is 5.97 Å². The normalized spacial score (nSPS) is 10.3. The first-order valence-corrected chi connectivity index (χ1v) is 6.05. The van der Waals surface area contributed by atoms with E-state index in [1.807, 2.05) is 20.0 Å². The molecule has 2 rings (SSSR count). The third-order valence-corrected chi connectivity index (χ3v) is 2.89. The van der Waals surface area contributed by atoms with Gasteiger partial charge in [0.15, 0.2) is 11.5 Å². The summed E-state index contributed by atoms with van der Waals surface area (Å²) >= 11 is 0. The summed E-state index contributed by atoms with van der Waals surface area (Å²) in [6, 6.07) is 6.43. The summed E-state index contributed by atoms with van der Waals surface area (Å²) in [5.41, 5.74) is 2.00. The molecule has 0 aliphatic heterocycles. The third kappa shape index (κ3) is 2.90. The molecule has 20 heavy (non-hydrogen) atoms. The molecule has 0 amide bonds. The van der Waals surface area contributed by atoms with Crippen LogP contribution in [0, 0.1) is 6.92 Å². The Morgan fingerprint density at radius 3 is 2.65 bits per heavy atom. The van der Waals surface area contributed by atoms with Gasteiger partial charge in [-0.2, -0.15) is 5.10 Å². The Morgan fingerprint density at radius 1 is 1.35 bits per heavy atom. The smallest absolute Gasteiger partial charge is 0.335 e. The maximum absolute atomic E-state index is 10.9. The minimum atomic E-state index is -1.00. The molecule has 0 spiro atoms. The highest BCUT2D eigenvalue weighted by Gasteiger charge is 2.11. The third-order valence-electron chi connectivity index (χ3n) is 2.89. The highest BCUT2D eigenvalue weighted by atomic mass is 16.5. The Hall–Kier alpha value is -2.50. The van der Waals surface area contributed by atoms with Crippen LogP contribution in [0.1, 0.15) is 21.7 Å². The van der Waals surface area contributed by atoms with Gasteiger partial charge in [-0.3, -0.25) is 4.68 Å². The maximum atomic E-state index is 10.9. The number of hydrogen-bond acceptors (Lipinski definition) is 4. The number of carboxylic acid groups (broad SMARTS) is 1. The summed E-state index contributed by atoms with van der Waals surface area (Å²) in [7, 11) is 3.32. The van der Waals surface area contributed by atoms with Crippen molar-refractivity contribution in [1.82, 2.24) is 9.78 Å². The fraction of sp³-hybridized carbons (Fsp3) is 0.286. The number of aromatic carboxylic acids is 1. The Morgan fingerprint density at radius 2 is 2.10 bits per heavy atom. The van der Waals surface area contributed by atoms with Crippen LogP contribution in [0.4, 0.5) is 0 Å². The first kappa shape index (κ1) is 13.9. The molecule has 0 aliphatic carbocycles. The number of rotatable bonds is 5. The van der Waals surface area contributed by atoms with Gasteiger partial charge < -0.3 is 14.6 Å². The monoisotopic (exact) mass is 276 g/mol. The van der Waals surface area contributed by atoms with Gasteiger partial charge in [-0.15, -0.1) is 0 Å². The lowest BCUT2D eigenvalue weighted by molar-refractivity contribution is 0.0696. The fourth-order valence-corrected chi connectivity index (χ4v) is 1.87. The molecule has 2 aromatic rings. The lowest BCUT2D eigenvalue weighted by Gasteiger charge is -2.11. The van der Waals surface area contributed by atoms with E-state index in [9.17, 15) is 4.79 Å². The maximum Gasteiger partial charge on any atom is 0.335 e. The Kier molecular flexibility index (Phi) is 3.93. The molecule has 0 aliphatic rings. The molecule has 106 valence electrons. The number of carboxylic acids is 1. The van der Waals surface area contributed by atoms with Crippen LogP contribution < -0.4 is 9.47 Å². The van der Waals surface area contributed by atoms with E-state index in [1.165, 1.54) is 19.2 Å². The number of hydrogen-bond donors (Lipinski definition) is 1. The number of aromatic nitrogens is 2. The number of methoxy groups -OCH3 is 1. The van der Waals surface area contributed by atoms with Crippen molar-refractivity contribution in [3.63, 3.8) is 0 Å². The lowest BCUT2D eigenvalue weighted by atomic mass is 10.2. The predicted octanol–water partition coefficient (Wildman–Crippen LogP) is 2.01. The van der Waals surface area contributed by atoms with Crippen LogP contribution in [0.25, 0.3) is 0 Å². The van der Waals surface area contributed by atoms with Crippen LogP contribution in [-0.2, 0) is 13.7 Å². The van der Waals surface area contributed by atoms with Crippen molar-refractivity contribution < 1.29 is 19.4 Å². The van der Waals surface area contributed by atoms with Gasteiger partial charge in [-0.1, -0.05) is 0 Å². The molecule has 1 heterocycles. The number of carbonyl (C=O) groups is 1. The van der Waals surface area contributed by atoms with Crippen molar-refractivity contribution in [3.05, 3.63) is 41.2 Å². The van der Waals surface area contributed by atoms with Gasteiger partial charge in [0.2, 0.25) is 0 Å². The van der Waals surface area contributed by atoms with E-state index in [-0.39, 0.29) is 5.56 Å². The first-order valence-electron chi connectivity index (χ1n) is 6.05.